The lowest BCUT2D eigenvalue weighted by Crippen LogP contribution is -2.21. The van der Waals surface area contributed by atoms with Gasteiger partial charge in [0.25, 0.3) is 0 Å². The van der Waals surface area contributed by atoms with Gasteiger partial charge in [-0.05, 0) is 57.9 Å². The summed E-state index contributed by atoms with van der Waals surface area (Å²) < 4.78 is 5.64. The number of rotatable bonds is 8. The molecule has 0 saturated carbocycles. The van der Waals surface area contributed by atoms with E-state index >= 15 is 0 Å². The summed E-state index contributed by atoms with van der Waals surface area (Å²) >= 11 is 0. The maximum absolute atomic E-state index is 5.64. The van der Waals surface area contributed by atoms with E-state index in [2.05, 4.69) is 63.6 Å². The quantitative estimate of drug-likeness (QED) is 0.747. The van der Waals surface area contributed by atoms with E-state index in [-0.39, 0.29) is 6.10 Å². The summed E-state index contributed by atoms with van der Waals surface area (Å²) in [4.78, 5) is 11.4. The molecule has 2 heterocycles. The molecule has 3 rings (SSSR count). The fourth-order valence-corrected chi connectivity index (χ4v) is 3.21. The minimum Gasteiger partial charge on any atom is -0.376 e. The van der Waals surface area contributed by atoms with Crippen molar-refractivity contribution in [1.82, 2.24) is 9.97 Å². The fraction of sp³-hybridized carbons (Fsp3) is 0.500. The summed E-state index contributed by atoms with van der Waals surface area (Å²) in [6.07, 6.45) is 2.50. The molecule has 2 aromatic rings. The van der Waals surface area contributed by atoms with Gasteiger partial charge in [0.2, 0.25) is 5.95 Å². The minimum absolute atomic E-state index is 0.267. The molecule has 140 valence electrons. The van der Waals surface area contributed by atoms with Crippen molar-refractivity contribution in [3.05, 3.63) is 36.0 Å². The number of hydrogen-bond acceptors (Lipinski definition) is 6. The first-order valence-electron chi connectivity index (χ1n) is 9.51. The summed E-state index contributed by atoms with van der Waals surface area (Å²) in [5.74, 6) is 1.44. The lowest BCUT2D eigenvalue weighted by molar-refractivity contribution is 0.120. The van der Waals surface area contributed by atoms with E-state index in [1.54, 1.807) is 0 Å². The third-order valence-corrected chi connectivity index (χ3v) is 4.63. The van der Waals surface area contributed by atoms with Crippen LogP contribution in [0.15, 0.2) is 30.3 Å². The van der Waals surface area contributed by atoms with Crippen LogP contribution in [0.1, 0.15) is 32.4 Å². The Hall–Kier alpha value is -2.34. The molecule has 6 nitrogen and oxygen atoms in total. The summed E-state index contributed by atoms with van der Waals surface area (Å²) in [5, 5.41) is 6.67. The van der Waals surface area contributed by atoms with E-state index < -0.39 is 0 Å². The van der Waals surface area contributed by atoms with E-state index in [9.17, 15) is 0 Å². The predicted molar refractivity (Wildman–Crippen MR) is 108 cm³/mol. The van der Waals surface area contributed by atoms with E-state index in [0.717, 1.165) is 56.3 Å². The average Bonchev–Trinajstić information content (AvgIpc) is 3.16. The molecule has 1 aromatic carbocycles. The first-order chi connectivity index (χ1) is 12.7. The van der Waals surface area contributed by atoms with E-state index in [1.165, 1.54) is 5.69 Å². The van der Waals surface area contributed by atoms with Gasteiger partial charge in [-0.25, -0.2) is 4.98 Å². The topological polar surface area (TPSA) is 62.3 Å². The van der Waals surface area contributed by atoms with Crippen LogP contribution in [-0.2, 0) is 4.74 Å². The average molecular weight is 355 g/mol. The van der Waals surface area contributed by atoms with Gasteiger partial charge in [0, 0.05) is 49.4 Å². The zero-order valence-corrected chi connectivity index (χ0v) is 16.0. The fourth-order valence-electron chi connectivity index (χ4n) is 3.21. The molecule has 1 unspecified atom stereocenters. The normalized spacial score (nSPS) is 16.5. The van der Waals surface area contributed by atoms with Crippen molar-refractivity contribution >= 4 is 23.1 Å². The van der Waals surface area contributed by atoms with Crippen LogP contribution < -0.4 is 15.5 Å². The number of benzene rings is 1. The highest BCUT2D eigenvalue weighted by Crippen LogP contribution is 2.21. The van der Waals surface area contributed by atoms with Crippen LogP contribution in [0.3, 0.4) is 0 Å². The maximum atomic E-state index is 5.64. The van der Waals surface area contributed by atoms with Gasteiger partial charge in [-0.2, -0.15) is 4.98 Å². The molecule has 2 N–H and O–H groups in total. The smallest absolute Gasteiger partial charge is 0.224 e. The summed E-state index contributed by atoms with van der Waals surface area (Å²) in [6.45, 7) is 9.95. The first-order valence-corrected chi connectivity index (χ1v) is 9.51. The summed E-state index contributed by atoms with van der Waals surface area (Å²) in [5.41, 5.74) is 3.18. The highest BCUT2D eigenvalue weighted by molar-refractivity contribution is 5.61. The van der Waals surface area contributed by atoms with Gasteiger partial charge >= 0.3 is 0 Å². The summed E-state index contributed by atoms with van der Waals surface area (Å²) in [6, 6.07) is 10.4. The van der Waals surface area contributed by atoms with Crippen molar-refractivity contribution in [3.8, 4) is 0 Å². The molecule has 1 aliphatic rings. The molecule has 1 aromatic heterocycles. The molecule has 0 amide bonds. The Bertz CT molecular complexity index is 694. The van der Waals surface area contributed by atoms with Crippen LogP contribution in [0.25, 0.3) is 0 Å². The van der Waals surface area contributed by atoms with Crippen molar-refractivity contribution in [3.63, 3.8) is 0 Å². The van der Waals surface area contributed by atoms with E-state index in [1.807, 2.05) is 13.0 Å². The monoisotopic (exact) mass is 355 g/mol. The number of aryl methyl sites for hydroxylation is 1. The number of nitrogens with zero attached hydrogens (tertiary/aromatic N) is 3. The second-order valence-corrected chi connectivity index (χ2v) is 6.58. The number of nitrogens with one attached hydrogen (secondary N) is 2. The summed E-state index contributed by atoms with van der Waals surface area (Å²) in [7, 11) is 0. The molecule has 6 heteroatoms. The molecule has 26 heavy (non-hydrogen) atoms. The highest BCUT2D eigenvalue weighted by atomic mass is 16.5. The minimum atomic E-state index is 0.267. The zero-order chi connectivity index (χ0) is 18.4. The van der Waals surface area contributed by atoms with Gasteiger partial charge in [-0.1, -0.05) is 0 Å². The van der Waals surface area contributed by atoms with Crippen LogP contribution >= 0.6 is 0 Å². The predicted octanol–water partition coefficient (Wildman–Crippen LogP) is 3.97. The molecule has 1 aliphatic heterocycles. The molecule has 0 spiro atoms. The lowest BCUT2D eigenvalue weighted by atomic mass is 10.2. The second kappa shape index (κ2) is 8.85. The van der Waals surface area contributed by atoms with Crippen molar-refractivity contribution in [2.45, 2.75) is 39.7 Å². The van der Waals surface area contributed by atoms with Crippen molar-refractivity contribution < 1.29 is 4.74 Å². The molecule has 1 atom stereocenters. The van der Waals surface area contributed by atoms with Gasteiger partial charge < -0.3 is 20.3 Å². The Morgan fingerprint density at radius 3 is 2.58 bits per heavy atom. The number of anilines is 4. The molecule has 1 saturated heterocycles. The van der Waals surface area contributed by atoms with Gasteiger partial charge in [-0.3, -0.25) is 0 Å². The Morgan fingerprint density at radius 1 is 1.15 bits per heavy atom. The number of ether oxygens (including phenoxy) is 1. The van der Waals surface area contributed by atoms with Crippen LogP contribution in [-0.4, -0.2) is 42.3 Å². The Balaban J connectivity index is 1.65. The van der Waals surface area contributed by atoms with Crippen LogP contribution in [0.2, 0.25) is 0 Å². The lowest BCUT2D eigenvalue weighted by Gasteiger charge is -2.21. The second-order valence-electron chi connectivity index (χ2n) is 6.58. The van der Waals surface area contributed by atoms with Gasteiger partial charge in [0.05, 0.1) is 6.10 Å². The number of hydrogen-bond donors (Lipinski definition) is 2. The Morgan fingerprint density at radius 2 is 1.92 bits per heavy atom. The Labute approximate surface area is 156 Å². The van der Waals surface area contributed by atoms with Crippen molar-refractivity contribution in [2.24, 2.45) is 0 Å². The third kappa shape index (κ3) is 4.85. The number of aromatic nitrogens is 2. The van der Waals surface area contributed by atoms with Gasteiger partial charge in [0.15, 0.2) is 0 Å². The Kier molecular flexibility index (Phi) is 6.28. The molecular weight excluding hydrogens is 326 g/mol. The molecular formula is C20H29N5O. The maximum Gasteiger partial charge on any atom is 0.224 e. The third-order valence-electron chi connectivity index (χ3n) is 4.63. The molecule has 0 bridgehead atoms. The molecule has 0 aliphatic carbocycles. The molecule has 0 radical (unpaired) electrons. The van der Waals surface area contributed by atoms with E-state index in [4.69, 9.17) is 4.74 Å². The van der Waals surface area contributed by atoms with Gasteiger partial charge in [-0.15, -0.1) is 0 Å². The van der Waals surface area contributed by atoms with Crippen LogP contribution in [0.4, 0.5) is 23.1 Å². The SMILES string of the molecule is CCN(CC)c1ccc(Nc2cc(C)nc(NCC3CCCO3)n2)cc1. The van der Waals surface area contributed by atoms with Crippen LogP contribution in [0.5, 0.6) is 0 Å². The van der Waals surface area contributed by atoms with Crippen molar-refractivity contribution in [1.29, 1.82) is 0 Å². The van der Waals surface area contributed by atoms with Gasteiger partial charge in [0.1, 0.15) is 5.82 Å². The molecule has 1 fully saturated rings. The zero-order valence-electron chi connectivity index (χ0n) is 16.0. The van der Waals surface area contributed by atoms with E-state index in [0.29, 0.717) is 5.95 Å². The van der Waals surface area contributed by atoms with Crippen LogP contribution in [0, 0.1) is 6.92 Å². The largest absolute Gasteiger partial charge is 0.376 e. The highest BCUT2D eigenvalue weighted by Gasteiger charge is 2.15. The standard InChI is InChI=1S/C20H29N5O/c1-4-25(5-2)17-10-8-16(9-11-17)23-19-13-15(3)22-20(24-19)21-14-18-7-6-12-26-18/h8-11,13,18H,4-7,12,14H2,1-3H3,(H2,21,22,23,24). The van der Waals surface area contributed by atoms with Crippen molar-refractivity contribution in [2.75, 3.05) is 41.8 Å². The first kappa shape index (κ1) is 18.5.